The Kier molecular flexibility index (Phi) is 7.78. The van der Waals surface area contributed by atoms with Gasteiger partial charge in [-0.05, 0) is 73.4 Å². The van der Waals surface area contributed by atoms with Crippen molar-refractivity contribution in [3.05, 3.63) is 58.8 Å². The van der Waals surface area contributed by atoms with Gasteiger partial charge in [-0.15, -0.1) is 13.2 Å². The van der Waals surface area contributed by atoms with Crippen molar-refractivity contribution in [3.8, 4) is 17.3 Å². The van der Waals surface area contributed by atoms with E-state index in [4.69, 9.17) is 4.98 Å². The Morgan fingerprint density at radius 2 is 1.90 bits per heavy atom. The number of rotatable bonds is 9. The maximum Gasteiger partial charge on any atom is 0.573 e. The monoisotopic (exact) mass is 586 g/mol. The van der Waals surface area contributed by atoms with Gasteiger partial charge in [-0.25, -0.2) is 24.1 Å². The summed E-state index contributed by atoms with van der Waals surface area (Å²) in [6.07, 6.45) is -0.242. The lowest BCUT2D eigenvalue weighted by Gasteiger charge is -2.32. The lowest BCUT2D eigenvalue weighted by Crippen LogP contribution is -2.31. The van der Waals surface area contributed by atoms with Crippen LogP contribution in [0.4, 0.5) is 23.4 Å². The van der Waals surface area contributed by atoms with Crippen LogP contribution in [-0.4, -0.2) is 48.0 Å². The van der Waals surface area contributed by atoms with Gasteiger partial charge in [0.25, 0.3) is 0 Å². The zero-order valence-electron chi connectivity index (χ0n) is 23.5. The Morgan fingerprint density at radius 1 is 1.17 bits per heavy atom. The Morgan fingerprint density at radius 3 is 2.50 bits per heavy atom. The van der Waals surface area contributed by atoms with Crippen LogP contribution in [0.1, 0.15) is 73.3 Å². The number of alkyl halides is 3. The molecule has 0 saturated heterocycles. The maximum atomic E-state index is 14.7. The van der Waals surface area contributed by atoms with Gasteiger partial charge < -0.3 is 19.7 Å². The van der Waals surface area contributed by atoms with Crippen LogP contribution in [0.25, 0.3) is 22.7 Å². The van der Waals surface area contributed by atoms with Gasteiger partial charge in [0.2, 0.25) is 5.82 Å². The Hall–Kier alpha value is -4.29. The molecule has 9 nitrogen and oxygen atoms in total. The molecule has 2 N–H and O–H groups in total. The lowest BCUT2D eigenvalue weighted by atomic mass is 9.80. The summed E-state index contributed by atoms with van der Waals surface area (Å²) in [4.78, 5) is 29.7. The third-order valence-corrected chi connectivity index (χ3v) is 7.66. The third-order valence-electron chi connectivity index (χ3n) is 7.66. The largest absolute Gasteiger partial charge is 0.573 e. The minimum absolute atomic E-state index is 0.0364. The predicted octanol–water partition coefficient (Wildman–Crippen LogP) is 6.70. The molecule has 222 valence electrons. The number of ether oxygens (including phenoxy) is 1. The molecule has 13 heteroatoms. The Labute approximate surface area is 239 Å². The average Bonchev–Trinajstić information content (AvgIpc) is 3.22. The zero-order chi connectivity index (χ0) is 30.3. The van der Waals surface area contributed by atoms with Gasteiger partial charge in [-0.2, -0.15) is 0 Å². The number of aromatic carboxylic acids is 1. The standard InChI is InChI=1S/C29H30F4N6O3/c1-14(2)19-10-11-34-22(15(19)3)27-38-25-23(24(36-26(37-25)28(40)41)35-16(4)18-6-5-7-18)39(27)13-17-8-9-21(20(30)12-17)42-29(31,32)33/h8-12,14,16,18H,5-7,13H2,1-4H3,(H,40,41)(H,35,36,37)/t16-/m1/s1. The first-order valence-corrected chi connectivity index (χ1v) is 13.6. The van der Waals surface area contributed by atoms with Gasteiger partial charge in [0.15, 0.2) is 28.9 Å². The summed E-state index contributed by atoms with van der Waals surface area (Å²) in [5.41, 5.74) is 3.13. The van der Waals surface area contributed by atoms with E-state index in [0.717, 1.165) is 42.5 Å². The highest BCUT2D eigenvalue weighted by Crippen LogP contribution is 2.35. The first-order chi connectivity index (χ1) is 19.8. The number of aromatic nitrogens is 5. The number of halogens is 4. The quantitative estimate of drug-likeness (QED) is 0.208. The molecule has 4 aromatic rings. The smallest absolute Gasteiger partial charge is 0.475 e. The molecule has 0 spiro atoms. The highest BCUT2D eigenvalue weighted by atomic mass is 19.4. The fourth-order valence-electron chi connectivity index (χ4n) is 5.27. The molecular weight excluding hydrogens is 556 g/mol. The number of carbonyl (C=O) groups is 1. The second kappa shape index (κ2) is 11.2. The number of pyridine rings is 1. The van der Waals surface area contributed by atoms with Gasteiger partial charge in [0.1, 0.15) is 11.2 Å². The van der Waals surface area contributed by atoms with E-state index in [0.29, 0.717) is 28.5 Å². The Bertz CT molecular complexity index is 1650. The number of anilines is 1. The van der Waals surface area contributed by atoms with Gasteiger partial charge in [0, 0.05) is 12.2 Å². The number of fused-ring (bicyclic) bond motifs is 1. The number of nitrogens with one attached hydrogen (secondary N) is 1. The van der Waals surface area contributed by atoms with E-state index in [9.17, 15) is 27.5 Å². The van der Waals surface area contributed by atoms with Crippen LogP contribution in [-0.2, 0) is 6.54 Å². The first-order valence-electron chi connectivity index (χ1n) is 13.6. The summed E-state index contributed by atoms with van der Waals surface area (Å²) in [5.74, 6) is -2.79. The first kappa shape index (κ1) is 29.2. The number of carboxylic acid groups (broad SMARTS) is 1. The highest BCUT2D eigenvalue weighted by Gasteiger charge is 2.33. The van der Waals surface area contributed by atoms with Crippen LogP contribution in [0.2, 0.25) is 0 Å². The van der Waals surface area contributed by atoms with Crippen LogP contribution in [0.5, 0.6) is 5.75 Å². The van der Waals surface area contributed by atoms with Crippen LogP contribution in [0.15, 0.2) is 30.5 Å². The average molecular weight is 587 g/mol. The normalized spacial score (nSPS) is 14.7. The predicted molar refractivity (Wildman–Crippen MR) is 147 cm³/mol. The molecule has 3 heterocycles. The highest BCUT2D eigenvalue weighted by molar-refractivity contribution is 5.92. The number of hydrogen-bond acceptors (Lipinski definition) is 7. The van der Waals surface area contributed by atoms with Gasteiger partial charge in [0.05, 0.1) is 6.54 Å². The van der Waals surface area contributed by atoms with Crippen LogP contribution >= 0.6 is 0 Å². The van der Waals surface area contributed by atoms with Crippen molar-refractivity contribution in [1.29, 1.82) is 0 Å². The molecule has 1 saturated carbocycles. The summed E-state index contributed by atoms with van der Waals surface area (Å²) in [6, 6.07) is 5.06. The van der Waals surface area contributed by atoms with Crippen molar-refractivity contribution in [2.75, 3.05) is 5.32 Å². The molecular formula is C29H30F4N6O3. The summed E-state index contributed by atoms with van der Waals surface area (Å²) in [7, 11) is 0. The van der Waals surface area contributed by atoms with Crippen LogP contribution in [0, 0.1) is 18.7 Å². The van der Waals surface area contributed by atoms with Gasteiger partial charge in [-0.3, -0.25) is 4.98 Å². The molecule has 1 aromatic carbocycles. The fourth-order valence-corrected chi connectivity index (χ4v) is 5.27. The number of nitrogens with zero attached hydrogens (tertiary/aromatic N) is 5. The molecule has 1 aliphatic carbocycles. The summed E-state index contributed by atoms with van der Waals surface area (Å²) >= 11 is 0. The maximum absolute atomic E-state index is 14.7. The van der Waals surface area contributed by atoms with Crippen LogP contribution < -0.4 is 10.1 Å². The molecule has 42 heavy (non-hydrogen) atoms. The molecule has 0 bridgehead atoms. The number of carboxylic acids is 1. The topological polar surface area (TPSA) is 115 Å². The van der Waals surface area contributed by atoms with E-state index in [-0.39, 0.29) is 30.0 Å². The van der Waals surface area contributed by atoms with Crippen LogP contribution in [0.3, 0.4) is 0 Å². The molecule has 0 aliphatic heterocycles. The summed E-state index contributed by atoms with van der Waals surface area (Å²) < 4.78 is 58.4. The van der Waals surface area contributed by atoms with Crippen molar-refractivity contribution in [1.82, 2.24) is 24.5 Å². The molecule has 0 radical (unpaired) electrons. The van der Waals surface area contributed by atoms with Crippen molar-refractivity contribution in [2.24, 2.45) is 5.92 Å². The van der Waals surface area contributed by atoms with E-state index in [2.05, 4.69) is 25.0 Å². The van der Waals surface area contributed by atoms with Gasteiger partial charge >= 0.3 is 12.3 Å². The molecule has 0 unspecified atom stereocenters. The zero-order valence-corrected chi connectivity index (χ0v) is 23.5. The van der Waals surface area contributed by atoms with Crippen molar-refractivity contribution in [3.63, 3.8) is 0 Å². The van der Waals surface area contributed by atoms with E-state index in [1.165, 1.54) is 6.07 Å². The summed E-state index contributed by atoms with van der Waals surface area (Å²) in [6.45, 7) is 7.92. The van der Waals surface area contributed by atoms with Crippen molar-refractivity contribution >= 4 is 23.0 Å². The number of imidazole rings is 1. The minimum atomic E-state index is -5.04. The molecule has 1 atom stereocenters. The number of benzene rings is 1. The fraction of sp³-hybridized carbons (Fsp3) is 0.414. The second-order valence-electron chi connectivity index (χ2n) is 10.9. The Balaban J connectivity index is 1.71. The third kappa shape index (κ3) is 5.86. The van der Waals surface area contributed by atoms with Crippen molar-refractivity contribution < 1.29 is 32.2 Å². The molecule has 1 aliphatic rings. The molecule has 5 rings (SSSR count). The molecule has 1 fully saturated rings. The van der Waals surface area contributed by atoms with E-state index in [1.807, 2.05) is 33.8 Å². The second-order valence-corrected chi connectivity index (χ2v) is 10.9. The molecule has 0 amide bonds. The summed E-state index contributed by atoms with van der Waals surface area (Å²) in [5, 5.41) is 13.1. The molecule has 3 aromatic heterocycles. The van der Waals surface area contributed by atoms with E-state index < -0.39 is 29.7 Å². The van der Waals surface area contributed by atoms with E-state index >= 15 is 0 Å². The SMILES string of the molecule is Cc1c(C(C)C)ccnc1-c1nc2nc(C(=O)O)nc(N[C@H](C)C3CCC3)c2n1Cc1ccc(OC(F)(F)F)c(F)c1. The lowest BCUT2D eigenvalue weighted by molar-refractivity contribution is -0.275. The van der Waals surface area contributed by atoms with Gasteiger partial charge in [-0.1, -0.05) is 26.3 Å². The van der Waals surface area contributed by atoms with Crippen molar-refractivity contribution in [2.45, 2.75) is 71.8 Å². The number of hydrogen-bond donors (Lipinski definition) is 2. The van der Waals surface area contributed by atoms with E-state index in [1.54, 1.807) is 10.8 Å². The minimum Gasteiger partial charge on any atom is -0.475 e.